The van der Waals surface area contributed by atoms with Gasteiger partial charge in [-0.05, 0) is 26.0 Å². The van der Waals surface area contributed by atoms with Gasteiger partial charge in [0.15, 0.2) is 0 Å². The molecule has 1 atom stereocenters. The zero-order valence-corrected chi connectivity index (χ0v) is 14.0. The van der Waals surface area contributed by atoms with Crippen LogP contribution in [0.5, 0.6) is 0 Å². The number of likely N-dealkylation sites (N-methyl/N-ethyl adjacent to an activating group) is 2. The average molecular weight is 328 g/mol. The fourth-order valence-corrected chi connectivity index (χ4v) is 3.33. The molecule has 1 saturated heterocycles. The Morgan fingerprint density at radius 3 is 2.67 bits per heavy atom. The first-order valence-electron chi connectivity index (χ1n) is 7.69. The van der Waals surface area contributed by atoms with Crippen molar-refractivity contribution in [2.75, 3.05) is 14.1 Å². The number of imidazole rings is 1. The van der Waals surface area contributed by atoms with Gasteiger partial charge in [-0.2, -0.15) is 0 Å². The maximum Gasteiger partial charge on any atom is 0.402 e. The van der Waals surface area contributed by atoms with Crippen LogP contribution in [0, 0.1) is 13.8 Å². The van der Waals surface area contributed by atoms with Crippen LogP contribution >= 0.6 is 0 Å². The number of nitrogens with zero attached hydrogens (tertiary/aromatic N) is 5. The summed E-state index contributed by atoms with van der Waals surface area (Å²) in [6.45, 7) is 4.47. The molecular formula is C16H18N5O3+. The first-order valence-corrected chi connectivity index (χ1v) is 7.69. The lowest BCUT2D eigenvalue weighted by Gasteiger charge is -2.30. The topological polar surface area (TPSA) is 74.9 Å². The number of carbonyl (C=O) groups excluding carboxylic acids is 2. The molecule has 2 aliphatic heterocycles. The van der Waals surface area contributed by atoms with Gasteiger partial charge in [-0.1, -0.05) is 4.99 Å². The van der Waals surface area contributed by atoms with E-state index in [-0.39, 0.29) is 11.9 Å². The summed E-state index contributed by atoms with van der Waals surface area (Å²) < 4.78 is 9.34. The van der Waals surface area contributed by atoms with E-state index in [1.165, 1.54) is 11.9 Å². The zero-order chi connectivity index (χ0) is 17.2. The van der Waals surface area contributed by atoms with E-state index in [2.05, 4.69) is 4.99 Å². The molecule has 3 amide bonds. The number of fused-ring (bicyclic) bond motifs is 3. The lowest BCUT2D eigenvalue weighted by molar-refractivity contribution is -0.682. The Labute approximate surface area is 138 Å². The van der Waals surface area contributed by atoms with Gasteiger partial charge in [0, 0.05) is 14.1 Å². The molecule has 0 N–H and O–H groups in total. The van der Waals surface area contributed by atoms with Crippen molar-refractivity contribution >= 4 is 23.7 Å². The lowest BCUT2D eigenvalue weighted by atomic mass is 10.1. The number of rotatable bonds is 2. The van der Waals surface area contributed by atoms with Gasteiger partial charge in [-0.25, -0.2) is 13.9 Å². The van der Waals surface area contributed by atoms with Crippen LogP contribution in [0.3, 0.4) is 0 Å². The highest BCUT2D eigenvalue weighted by Gasteiger charge is 2.53. The molecule has 2 aliphatic rings. The predicted molar refractivity (Wildman–Crippen MR) is 84.0 cm³/mol. The number of amidine groups is 1. The van der Waals surface area contributed by atoms with E-state index in [1.54, 1.807) is 13.3 Å². The summed E-state index contributed by atoms with van der Waals surface area (Å²) in [5.41, 5.74) is 1.96. The van der Waals surface area contributed by atoms with Crippen LogP contribution in [0.4, 0.5) is 10.7 Å². The minimum absolute atomic E-state index is 0.265. The standard InChI is InChI=1S/C16H18N5O3/c1-9-10(2)21-12-13(18(3)16(23)19(4)14(12)22)17-15(21)20(9)8-11-6-5-7-24-11/h5-7,12H,8H2,1-4H3/q+1. The Balaban J connectivity index is 1.87. The van der Waals surface area contributed by atoms with Crippen molar-refractivity contribution in [2.24, 2.45) is 4.99 Å². The third-order valence-corrected chi connectivity index (χ3v) is 4.84. The monoisotopic (exact) mass is 328 g/mol. The summed E-state index contributed by atoms with van der Waals surface area (Å²) in [4.78, 5) is 32.0. The fourth-order valence-electron chi connectivity index (χ4n) is 3.33. The van der Waals surface area contributed by atoms with Gasteiger partial charge < -0.3 is 4.42 Å². The molecule has 0 saturated carbocycles. The summed E-state index contributed by atoms with van der Waals surface area (Å²) in [5.74, 6) is 1.66. The summed E-state index contributed by atoms with van der Waals surface area (Å²) in [7, 11) is 3.14. The number of urea groups is 1. The van der Waals surface area contributed by atoms with E-state index >= 15 is 0 Å². The van der Waals surface area contributed by atoms with Crippen LogP contribution in [0.25, 0.3) is 0 Å². The van der Waals surface area contributed by atoms with E-state index in [4.69, 9.17) is 4.42 Å². The number of imide groups is 1. The number of hydrogen-bond donors (Lipinski definition) is 0. The molecule has 124 valence electrons. The third kappa shape index (κ3) is 1.73. The Bertz CT molecular complexity index is 893. The van der Waals surface area contributed by atoms with Crippen molar-refractivity contribution in [3.63, 3.8) is 0 Å². The normalized spacial score (nSPS) is 19.7. The first kappa shape index (κ1) is 14.7. The second-order valence-corrected chi connectivity index (χ2v) is 6.12. The van der Waals surface area contributed by atoms with E-state index in [0.717, 1.165) is 22.0 Å². The zero-order valence-electron chi connectivity index (χ0n) is 14.0. The Morgan fingerprint density at radius 2 is 2.00 bits per heavy atom. The summed E-state index contributed by atoms with van der Waals surface area (Å²) >= 11 is 0. The molecule has 2 aromatic heterocycles. The highest BCUT2D eigenvalue weighted by atomic mass is 16.3. The van der Waals surface area contributed by atoms with Gasteiger partial charge in [0.05, 0.1) is 6.26 Å². The number of furan rings is 1. The van der Waals surface area contributed by atoms with Crippen LogP contribution in [0.15, 0.2) is 27.8 Å². The van der Waals surface area contributed by atoms with Gasteiger partial charge >= 0.3 is 12.0 Å². The maximum atomic E-state index is 12.7. The molecule has 8 nitrogen and oxygen atoms in total. The van der Waals surface area contributed by atoms with E-state index in [0.29, 0.717) is 18.3 Å². The molecule has 1 fully saturated rings. The largest absolute Gasteiger partial charge is 0.466 e. The van der Waals surface area contributed by atoms with Gasteiger partial charge in [0.25, 0.3) is 5.91 Å². The quantitative estimate of drug-likeness (QED) is 0.776. The molecule has 8 heteroatoms. The number of hydrogen-bond acceptors (Lipinski definition) is 4. The molecule has 24 heavy (non-hydrogen) atoms. The molecule has 0 aliphatic carbocycles. The van der Waals surface area contributed by atoms with Crippen LogP contribution in [0.1, 0.15) is 23.2 Å². The van der Waals surface area contributed by atoms with Crippen LogP contribution in [-0.4, -0.2) is 46.2 Å². The first-order chi connectivity index (χ1) is 11.4. The minimum atomic E-state index is -0.593. The molecule has 1 unspecified atom stereocenters. The van der Waals surface area contributed by atoms with Crippen LogP contribution in [-0.2, 0) is 11.3 Å². The lowest BCUT2D eigenvalue weighted by Crippen LogP contribution is -2.56. The Hall–Kier alpha value is -2.90. The number of carbonyl (C=O) groups is 2. The summed E-state index contributed by atoms with van der Waals surface area (Å²) in [6.07, 6.45) is 1.63. The molecule has 0 spiro atoms. The summed E-state index contributed by atoms with van der Waals surface area (Å²) in [5, 5.41) is 0. The Kier molecular flexibility index (Phi) is 2.93. The molecule has 0 radical (unpaired) electrons. The smallest absolute Gasteiger partial charge is 0.402 e. The van der Waals surface area contributed by atoms with Crippen molar-refractivity contribution in [3.05, 3.63) is 35.5 Å². The van der Waals surface area contributed by atoms with Gasteiger partial charge in [-0.15, -0.1) is 0 Å². The van der Waals surface area contributed by atoms with Crippen molar-refractivity contribution in [2.45, 2.75) is 26.4 Å². The van der Waals surface area contributed by atoms with Crippen molar-refractivity contribution in [1.29, 1.82) is 0 Å². The number of aromatic nitrogens is 2. The molecule has 0 bridgehead atoms. The molecular weight excluding hydrogens is 310 g/mol. The number of amides is 3. The third-order valence-electron chi connectivity index (χ3n) is 4.84. The Morgan fingerprint density at radius 1 is 1.25 bits per heavy atom. The maximum absolute atomic E-state index is 12.7. The SMILES string of the molecule is Cc1c(C)[n+](Cc2ccco2)c2n1C1C(=O)N(C)C(=O)N(C)C1=N2. The van der Waals surface area contributed by atoms with Gasteiger partial charge in [0.2, 0.25) is 11.9 Å². The molecule has 2 aromatic rings. The summed E-state index contributed by atoms with van der Waals surface area (Å²) in [6, 6.07) is 2.78. The highest BCUT2D eigenvalue weighted by Crippen LogP contribution is 2.34. The van der Waals surface area contributed by atoms with Gasteiger partial charge in [-0.3, -0.25) is 14.6 Å². The van der Waals surface area contributed by atoms with Crippen molar-refractivity contribution in [1.82, 2.24) is 14.4 Å². The second kappa shape index (κ2) is 4.80. The molecule has 4 rings (SSSR count). The van der Waals surface area contributed by atoms with E-state index in [9.17, 15) is 9.59 Å². The number of aliphatic imine (C=N–C) groups is 1. The molecule has 0 aromatic carbocycles. The van der Waals surface area contributed by atoms with Crippen molar-refractivity contribution < 1.29 is 18.6 Å². The van der Waals surface area contributed by atoms with Crippen LogP contribution in [0.2, 0.25) is 0 Å². The van der Waals surface area contributed by atoms with Crippen molar-refractivity contribution in [3.8, 4) is 0 Å². The minimum Gasteiger partial charge on any atom is -0.466 e. The average Bonchev–Trinajstić information content (AvgIpc) is 3.25. The fraction of sp³-hybridized carbons (Fsp3) is 0.375. The van der Waals surface area contributed by atoms with E-state index < -0.39 is 6.04 Å². The van der Waals surface area contributed by atoms with Crippen LogP contribution < -0.4 is 4.57 Å². The molecule has 4 heterocycles. The van der Waals surface area contributed by atoms with E-state index in [1.807, 2.05) is 35.1 Å². The second-order valence-electron chi connectivity index (χ2n) is 6.12. The highest BCUT2D eigenvalue weighted by molar-refractivity contribution is 6.20. The van der Waals surface area contributed by atoms with Gasteiger partial charge in [0.1, 0.15) is 23.7 Å². The predicted octanol–water partition coefficient (Wildman–Crippen LogP) is 1.14.